The van der Waals surface area contributed by atoms with Crippen LogP contribution in [0.4, 0.5) is 10.5 Å². The number of carbonyl (C=O) groups excluding carboxylic acids is 2. The average Bonchev–Trinajstić information content (AvgIpc) is 2.60. The highest BCUT2D eigenvalue weighted by atomic mass is 16.6. The van der Waals surface area contributed by atoms with Crippen molar-refractivity contribution in [2.75, 3.05) is 31.6 Å². The molecule has 1 aromatic heterocycles. The van der Waals surface area contributed by atoms with E-state index in [1.165, 1.54) is 0 Å². The molecule has 1 aliphatic heterocycles. The van der Waals surface area contributed by atoms with Crippen molar-refractivity contribution in [2.45, 2.75) is 25.8 Å². The molecule has 2 amide bonds. The van der Waals surface area contributed by atoms with Gasteiger partial charge in [-0.1, -0.05) is 6.08 Å². The van der Waals surface area contributed by atoms with Gasteiger partial charge >= 0.3 is 6.09 Å². The second-order valence-corrected chi connectivity index (χ2v) is 5.53. The molecule has 0 bridgehead atoms. The highest BCUT2D eigenvalue weighted by Gasteiger charge is 2.23. The highest BCUT2D eigenvalue weighted by Crippen LogP contribution is 2.17. The van der Waals surface area contributed by atoms with Crippen LogP contribution >= 0.6 is 0 Å². The summed E-state index contributed by atoms with van der Waals surface area (Å²) >= 11 is 0. The molecule has 0 atom stereocenters. The molecule has 24 heavy (non-hydrogen) atoms. The van der Waals surface area contributed by atoms with Crippen molar-refractivity contribution >= 4 is 17.7 Å². The fourth-order valence-electron chi connectivity index (χ4n) is 2.56. The van der Waals surface area contributed by atoms with E-state index in [1.54, 1.807) is 30.2 Å². The second kappa shape index (κ2) is 8.90. The van der Waals surface area contributed by atoms with Gasteiger partial charge in [0.05, 0.1) is 6.61 Å². The van der Waals surface area contributed by atoms with Gasteiger partial charge < -0.3 is 20.3 Å². The number of nitrogens with zero attached hydrogens (tertiary/aromatic N) is 2. The van der Waals surface area contributed by atoms with E-state index in [-0.39, 0.29) is 18.0 Å². The SMILES string of the molecule is C=CCNC(=O)c1cc(NC2CCN(C(=O)OCC)CC2)ccn1. The molecule has 1 fully saturated rings. The van der Waals surface area contributed by atoms with Crippen LogP contribution in [0.15, 0.2) is 31.0 Å². The van der Waals surface area contributed by atoms with Gasteiger partial charge in [0.25, 0.3) is 5.91 Å². The summed E-state index contributed by atoms with van der Waals surface area (Å²) in [7, 11) is 0. The highest BCUT2D eigenvalue weighted by molar-refractivity contribution is 5.93. The van der Waals surface area contributed by atoms with Crippen molar-refractivity contribution < 1.29 is 14.3 Å². The molecule has 1 saturated heterocycles. The number of hydrogen-bond acceptors (Lipinski definition) is 5. The maximum atomic E-state index is 11.9. The van der Waals surface area contributed by atoms with Crippen molar-refractivity contribution in [1.82, 2.24) is 15.2 Å². The van der Waals surface area contributed by atoms with Crippen LogP contribution in [0.5, 0.6) is 0 Å². The summed E-state index contributed by atoms with van der Waals surface area (Å²) in [6.07, 6.45) is 4.65. The molecule has 2 N–H and O–H groups in total. The number of likely N-dealkylation sites (tertiary alicyclic amines) is 1. The average molecular weight is 332 g/mol. The molecule has 2 rings (SSSR count). The summed E-state index contributed by atoms with van der Waals surface area (Å²) in [5.74, 6) is -0.226. The zero-order valence-corrected chi connectivity index (χ0v) is 14.0. The van der Waals surface area contributed by atoms with Gasteiger partial charge in [0.15, 0.2) is 0 Å². The zero-order valence-electron chi connectivity index (χ0n) is 14.0. The lowest BCUT2D eigenvalue weighted by Gasteiger charge is -2.32. The molecule has 0 aromatic carbocycles. The number of aromatic nitrogens is 1. The molecule has 1 aromatic rings. The Hall–Kier alpha value is -2.57. The molecule has 130 valence electrons. The summed E-state index contributed by atoms with van der Waals surface area (Å²) in [6, 6.07) is 3.82. The molecule has 0 radical (unpaired) electrons. The molecule has 7 heteroatoms. The number of piperidine rings is 1. The van der Waals surface area contributed by atoms with E-state index in [9.17, 15) is 9.59 Å². The Bertz CT molecular complexity index is 583. The van der Waals surface area contributed by atoms with Crippen LogP contribution in [0.1, 0.15) is 30.3 Å². The Morgan fingerprint density at radius 1 is 1.46 bits per heavy atom. The monoisotopic (exact) mass is 332 g/mol. The minimum absolute atomic E-state index is 0.226. The smallest absolute Gasteiger partial charge is 0.409 e. The molecule has 1 aliphatic rings. The van der Waals surface area contributed by atoms with Gasteiger partial charge in [-0.3, -0.25) is 9.78 Å². The quantitative estimate of drug-likeness (QED) is 0.779. The Morgan fingerprint density at radius 3 is 2.88 bits per heavy atom. The third-order valence-electron chi connectivity index (χ3n) is 3.79. The first-order valence-corrected chi connectivity index (χ1v) is 8.17. The van der Waals surface area contributed by atoms with Crippen LogP contribution in [0, 0.1) is 0 Å². The van der Waals surface area contributed by atoms with Gasteiger partial charge in [-0.15, -0.1) is 6.58 Å². The largest absolute Gasteiger partial charge is 0.450 e. The lowest BCUT2D eigenvalue weighted by Crippen LogP contribution is -2.42. The van der Waals surface area contributed by atoms with Gasteiger partial charge in [-0.05, 0) is 31.9 Å². The van der Waals surface area contributed by atoms with Crippen molar-refractivity contribution in [2.24, 2.45) is 0 Å². The van der Waals surface area contributed by atoms with Crippen LogP contribution in [0.2, 0.25) is 0 Å². The van der Waals surface area contributed by atoms with Crippen molar-refractivity contribution in [1.29, 1.82) is 0 Å². The molecule has 0 spiro atoms. The molecule has 0 unspecified atom stereocenters. The van der Waals surface area contributed by atoms with Crippen LogP contribution in [0.3, 0.4) is 0 Å². The topological polar surface area (TPSA) is 83.6 Å². The molecular weight excluding hydrogens is 308 g/mol. The number of carbonyl (C=O) groups is 2. The summed E-state index contributed by atoms with van der Waals surface area (Å²) in [5.41, 5.74) is 1.22. The van der Waals surface area contributed by atoms with Crippen LogP contribution in [-0.2, 0) is 4.74 Å². The standard InChI is InChI=1S/C17H24N4O3/c1-3-8-19-16(22)15-12-14(5-9-18-15)20-13-6-10-21(11-7-13)17(23)24-4-2/h3,5,9,12-13H,1,4,6-8,10-11H2,2H3,(H,18,20)(H,19,22). The third-order valence-corrected chi connectivity index (χ3v) is 3.79. The predicted molar refractivity (Wildman–Crippen MR) is 92.0 cm³/mol. The van der Waals surface area contributed by atoms with E-state index < -0.39 is 0 Å². The molecular formula is C17H24N4O3. The maximum Gasteiger partial charge on any atom is 0.409 e. The number of rotatable bonds is 6. The fourth-order valence-corrected chi connectivity index (χ4v) is 2.56. The molecule has 0 saturated carbocycles. The minimum Gasteiger partial charge on any atom is -0.450 e. The minimum atomic E-state index is -0.249. The van der Waals surface area contributed by atoms with Gasteiger partial charge in [0, 0.05) is 37.6 Å². The van der Waals surface area contributed by atoms with E-state index in [0.29, 0.717) is 31.9 Å². The van der Waals surface area contributed by atoms with Crippen molar-refractivity contribution in [3.8, 4) is 0 Å². The number of ether oxygens (including phenoxy) is 1. The van der Waals surface area contributed by atoms with Crippen molar-refractivity contribution in [3.05, 3.63) is 36.7 Å². The van der Waals surface area contributed by atoms with E-state index in [4.69, 9.17) is 4.74 Å². The lowest BCUT2D eigenvalue weighted by molar-refractivity contribution is 0.0950. The molecule has 0 aliphatic carbocycles. The first-order chi connectivity index (χ1) is 11.6. The molecule has 2 heterocycles. The van der Waals surface area contributed by atoms with Crippen LogP contribution in [-0.4, -0.2) is 54.2 Å². The Labute approximate surface area is 142 Å². The van der Waals surface area contributed by atoms with Gasteiger partial charge in [0.2, 0.25) is 0 Å². The summed E-state index contributed by atoms with van der Waals surface area (Å²) < 4.78 is 5.02. The summed E-state index contributed by atoms with van der Waals surface area (Å²) in [5, 5.41) is 6.11. The predicted octanol–water partition coefficient (Wildman–Crippen LogP) is 2.03. The summed E-state index contributed by atoms with van der Waals surface area (Å²) in [4.78, 5) is 29.4. The summed E-state index contributed by atoms with van der Waals surface area (Å²) in [6.45, 7) is 7.49. The Balaban J connectivity index is 1.87. The van der Waals surface area contributed by atoms with E-state index in [0.717, 1.165) is 18.5 Å². The number of nitrogens with one attached hydrogen (secondary N) is 2. The van der Waals surface area contributed by atoms with E-state index in [1.807, 2.05) is 6.07 Å². The van der Waals surface area contributed by atoms with Crippen molar-refractivity contribution in [3.63, 3.8) is 0 Å². The number of pyridine rings is 1. The van der Waals surface area contributed by atoms with Gasteiger partial charge in [-0.2, -0.15) is 0 Å². The van der Waals surface area contributed by atoms with Crippen LogP contribution in [0.25, 0.3) is 0 Å². The number of hydrogen-bond donors (Lipinski definition) is 2. The fraction of sp³-hybridized carbons (Fsp3) is 0.471. The maximum absolute atomic E-state index is 11.9. The Morgan fingerprint density at radius 2 is 2.21 bits per heavy atom. The molecule has 7 nitrogen and oxygen atoms in total. The third kappa shape index (κ3) is 4.97. The first-order valence-electron chi connectivity index (χ1n) is 8.17. The second-order valence-electron chi connectivity index (χ2n) is 5.53. The zero-order chi connectivity index (χ0) is 17.4. The normalized spacial score (nSPS) is 14.8. The van der Waals surface area contributed by atoms with Crippen LogP contribution < -0.4 is 10.6 Å². The number of anilines is 1. The lowest BCUT2D eigenvalue weighted by atomic mass is 10.1. The van der Waals surface area contributed by atoms with E-state index in [2.05, 4.69) is 22.2 Å². The first kappa shape index (κ1) is 17.8. The van der Waals surface area contributed by atoms with Gasteiger partial charge in [0.1, 0.15) is 5.69 Å². The number of amides is 2. The van der Waals surface area contributed by atoms with Gasteiger partial charge in [-0.25, -0.2) is 4.79 Å². The Kier molecular flexibility index (Phi) is 6.60. The van der Waals surface area contributed by atoms with E-state index >= 15 is 0 Å².